The van der Waals surface area contributed by atoms with Crippen LogP contribution in [0, 0.1) is 6.92 Å². The Bertz CT molecular complexity index is 650. The minimum Gasteiger partial charge on any atom is -0.508 e. The van der Waals surface area contributed by atoms with Crippen LogP contribution in [0.15, 0.2) is 34.5 Å². The van der Waals surface area contributed by atoms with E-state index in [2.05, 4.69) is 9.71 Å². The van der Waals surface area contributed by atoms with Crippen LogP contribution in [0.4, 0.5) is 0 Å². The predicted molar refractivity (Wildman–Crippen MR) is 69.0 cm³/mol. The fourth-order valence-electron chi connectivity index (χ4n) is 1.39. The summed E-state index contributed by atoms with van der Waals surface area (Å²) in [6, 6.07) is 5.53. The topological polar surface area (TPSA) is 79.3 Å². The molecule has 2 aromatic rings. The number of phenolic OH excluding ortho intramolecular Hbond substituents is 1. The lowest BCUT2D eigenvalue weighted by molar-refractivity contribution is 0.473. The van der Waals surface area contributed by atoms with Gasteiger partial charge in [-0.25, -0.2) is 18.1 Å². The number of hydrogen-bond donors (Lipinski definition) is 2. The Balaban J connectivity index is 2.13. The molecule has 0 atom stereocenters. The molecular formula is C11H12N2O3S2. The zero-order valence-corrected chi connectivity index (χ0v) is 11.3. The van der Waals surface area contributed by atoms with Gasteiger partial charge in [-0.05, 0) is 25.1 Å². The average Bonchev–Trinajstić information content (AvgIpc) is 2.73. The molecule has 96 valence electrons. The lowest BCUT2D eigenvalue weighted by Gasteiger charge is -2.05. The van der Waals surface area contributed by atoms with E-state index in [9.17, 15) is 13.5 Å². The van der Waals surface area contributed by atoms with E-state index in [1.807, 2.05) is 6.92 Å². The third kappa shape index (κ3) is 3.06. The van der Waals surface area contributed by atoms with Crippen molar-refractivity contribution in [2.75, 3.05) is 0 Å². The van der Waals surface area contributed by atoms with E-state index >= 15 is 0 Å². The molecule has 1 aromatic carbocycles. The molecule has 0 spiro atoms. The predicted octanol–water partition coefficient (Wildman–Crippen LogP) is 1.64. The Morgan fingerprint density at radius 3 is 2.83 bits per heavy atom. The molecule has 0 unspecified atom stereocenters. The van der Waals surface area contributed by atoms with Gasteiger partial charge < -0.3 is 5.11 Å². The molecule has 2 N–H and O–H groups in total. The van der Waals surface area contributed by atoms with Crippen LogP contribution in [-0.4, -0.2) is 18.5 Å². The number of nitrogens with one attached hydrogen (secondary N) is 1. The van der Waals surface area contributed by atoms with Gasteiger partial charge in [0.05, 0.1) is 22.1 Å². The maximum absolute atomic E-state index is 11.9. The van der Waals surface area contributed by atoms with Crippen molar-refractivity contribution >= 4 is 21.4 Å². The van der Waals surface area contributed by atoms with Crippen molar-refractivity contribution in [2.45, 2.75) is 18.4 Å². The highest BCUT2D eigenvalue weighted by Crippen LogP contribution is 2.16. The summed E-state index contributed by atoms with van der Waals surface area (Å²) in [5.41, 5.74) is 0.682. The monoisotopic (exact) mass is 284 g/mol. The molecule has 0 bridgehead atoms. The first-order valence-corrected chi connectivity index (χ1v) is 7.53. The van der Waals surface area contributed by atoms with Crippen LogP contribution in [0.2, 0.25) is 0 Å². The number of sulfonamides is 1. The molecule has 1 aromatic heterocycles. The maximum Gasteiger partial charge on any atom is 0.241 e. The molecule has 0 aliphatic carbocycles. The van der Waals surface area contributed by atoms with E-state index in [0.717, 1.165) is 5.01 Å². The molecule has 7 heteroatoms. The number of phenols is 1. The maximum atomic E-state index is 11.9. The van der Waals surface area contributed by atoms with E-state index in [1.54, 1.807) is 5.38 Å². The molecule has 0 fully saturated rings. The SMILES string of the molecule is Cc1nc(CNS(=O)(=O)c2cccc(O)c2)cs1. The van der Waals surface area contributed by atoms with E-state index in [1.165, 1.54) is 35.6 Å². The normalized spacial score (nSPS) is 11.6. The Kier molecular flexibility index (Phi) is 3.65. The van der Waals surface area contributed by atoms with Crippen molar-refractivity contribution in [1.82, 2.24) is 9.71 Å². The molecular weight excluding hydrogens is 272 g/mol. The fourth-order valence-corrected chi connectivity index (χ4v) is 3.04. The number of benzene rings is 1. The van der Waals surface area contributed by atoms with Crippen molar-refractivity contribution in [1.29, 1.82) is 0 Å². The Morgan fingerprint density at radius 1 is 1.44 bits per heavy atom. The van der Waals surface area contributed by atoms with E-state index in [-0.39, 0.29) is 17.2 Å². The molecule has 0 saturated carbocycles. The third-order valence-electron chi connectivity index (χ3n) is 2.24. The summed E-state index contributed by atoms with van der Waals surface area (Å²) in [7, 11) is -3.62. The third-order valence-corrected chi connectivity index (χ3v) is 4.46. The van der Waals surface area contributed by atoms with Gasteiger partial charge in [0, 0.05) is 5.38 Å². The van der Waals surface area contributed by atoms with E-state index in [4.69, 9.17) is 0 Å². The van der Waals surface area contributed by atoms with Gasteiger partial charge in [-0.3, -0.25) is 0 Å². The second kappa shape index (κ2) is 5.05. The number of aromatic nitrogens is 1. The molecule has 0 amide bonds. The minimum atomic E-state index is -3.62. The first-order valence-electron chi connectivity index (χ1n) is 5.17. The van der Waals surface area contributed by atoms with Crippen molar-refractivity contribution in [3.8, 4) is 5.75 Å². The number of thiazole rings is 1. The number of hydrogen-bond acceptors (Lipinski definition) is 5. The van der Waals surface area contributed by atoms with Gasteiger partial charge in [-0.1, -0.05) is 6.07 Å². The Hall–Kier alpha value is -1.44. The van der Waals surface area contributed by atoms with Crippen molar-refractivity contribution < 1.29 is 13.5 Å². The number of aryl methyl sites for hydroxylation is 1. The molecule has 0 saturated heterocycles. The summed E-state index contributed by atoms with van der Waals surface area (Å²) in [4.78, 5) is 4.20. The van der Waals surface area contributed by atoms with Gasteiger partial charge in [-0.15, -0.1) is 11.3 Å². The van der Waals surface area contributed by atoms with Crippen LogP contribution in [0.5, 0.6) is 5.75 Å². The molecule has 2 rings (SSSR count). The van der Waals surface area contributed by atoms with Crippen LogP contribution in [-0.2, 0) is 16.6 Å². The fraction of sp³-hybridized carbons (Fsp3) is 0.182. The van der Waals surface area contributed by atoms with Gasteiger partial charge in [0.15, 0.2) is 0 Å². The summed E-state index contributed by atoms with van der Waals surface area (Å²) in [6.45, 7) is 2.00. The molecule has 18 heavy (non-hydrogen) atoms. The zero-order valence-electron chi connectivity index (χ0n) is 9.62. The average molecular weight is 284 g/mol. The summed E-state index contributed by atoms with van der Waals surface area (Å²) in [5.74, 6) is -0.0811. The highest BCUT2D eigenvalue weighted by molar-refractivity contribution is 7.89. The highest BCUT2D eigenvalue weighted by Gasteiger charge is 2.14. The largest absolute Gasteiger partial charge is 0.508 e. The van der Waals surface area contributed by atoms with Crippen molar-refractivity contribution in [3.05, 3.63) is 40.3 Å². The summed E-state index contributed by atoms with van der Waals surface area (Å²) in [6.07, 6.45) is 0. The summed E-state index contributed by atoms with van der Waals surface area (Å²) in [5, 5.41) is 12.0. The van der Waals surface area contributed by atoms with Gasteiger partial charge in [0.25, 0.3) is 0 Å². The second-order valence-corrected chi connectivity index (χ2v) is 6.51. The minimum absolute atomic E-state index is 0.0365. The van der Waals surface area contributed by atoms with Gasteiger partial charge in [0.2, 0.25) is 10.0 Å². The van der Waals surface area contributed by atoms with Gasteiger partial charge >= 0.3 is 0 Å². The summed E-state index contributed by atoms with van der Waals surface area (Å²) < 4.78 is 26.3. The lowest BCUT2D eigenvalue weighted by atomic mass is 10.3. The molecule has 5 nitrogen and oxygen atoms in total. The second-order valence-electron chi connectivity index (χ2n) is 3.68. The first-order chi connectivity index (χ1) is 8.47. The van der Waals surface area contributed by atoms with Gasteiger partial charge in [-0.2, -0.15) is 0 Å². The molecule has 0 radical (unpaired) electrons. The number of aromatic hydroxyl groups is 1. The Morgan fingerprint density at radius 2 is 2.22 bits per heavy atom. The smallest absolute Gasteiger partial charge is 0.241 e. The van der Waals surface area contributed by atoms with E-state index in [0.29, 0.717) is 5.69 Å². The standard InChI is InChI=1S/C11H12N2O3S2/c1-8-13-9(7-17-8)6-12-18(15,16)11-4-2-3-10(14)5-11/h2-5,7,12,14H,6H2,1H3. The quantitative estimate of drug-likeness (QED) is 0.894. The highest BCUT2D eigenvalue weighted by atomic mass is 32.2. The molecule has 1 heterocycles. The molecule has 0 aliphatic heterocycles. The van der Waals surface area contributed by atoms with Crippen molar-refractivity contribution in [2.24, 2.45) is 0 Å². The number of rotatable bonds is 4. The summed E-state index contributed by atoms with van der Waals surface area (Å²) >= 11 is 1.47. The van der Waals surface area contributed by atoms with Crippen LogP contribution < -0.4 is 4.72 Å². The Labute approximate surface area is 109 Å². The van der Waals surface area contributed by atoms with Crippen LogP contribution in [0.1, 0.15) is 10.7 Å². The van der Waals surface area contributed by atoms with Crippen molar-refractivity contribution in [3.63, 3.8) is 0 Å². The van der Waals surface area contributed by atoms with Crippen LogP contribution in [0.3, 0.4) is 0 Å². The molecule has 0 aliphatic rings. The van der Waals surface area contributed by atoms with Crippen LogP contribution in [0.25, 0.3) is 0 Å². The van der Waals surface area contributed by atoms with E-state index < -0.39 is 10.0 Å². The van der Waals surface area contributed by atoms with Crippen LogP contribution >= 0.6 is 11.3 Å². The van der Waals surface area contributed by atoms with Gasteiger partial charge in [0.1, 0.15) is 5.75 Å². The zero-order chi connectivity index (χ0) is 13.2. The number of nitrogens with zero attached hydrogens (tertiary/aromatic N) is 1. The lowest BCUT2D eigenvalue weighted by Crippen LogP contribution is -2.23. The first kappa shape index (κ1) is 13.0.